The molecule has 0 fully saturated rings. The number of aromatic nitrogens is 1. The number of benzene rings is 2. The number of hydrogen-bond acceptors (Lipinski definition) is 8. The van der Waals surface area contributed by atoms with E-state index in [1.54, 1.807) is 11.3 Å². The average molecular weight is 568 g/mol. The molecule has 0 aliphatic rings. The second-order valence-corrected chi connectivity index (χ2v) is 11.0. The molecule has 2 aromatic carbocycles. The molecular formula is C30H38ClN5O2S. The summed E-state index contributed by atoms with van der Waals surface area (Å²) in [6.07, 6.45) is 2.80. The van der Waals surface area contributed by atoms with Crippen LogP contribution >= 0.6 is 22.9 Å². The van der Waals surface area contributed by atoms with Crippen LogP contribution in [0.1, 0.15) is 17.5 Å². The van der Waals surface area contributed by atoms with Gasteiger partial charge in [0.05, 0.1) is 28.6 Å². The summed E-state index contributed by atoms with van der Waals surface area (Å²) in [5.41, 5.74) is 7.14. The molecule has 0 radical (unpaired) electrons. The zero-order valence-corrected chi connectivity index (χ0v) is 24.5. The van der Waals surface area contributed by atoms with Crippen molar-refractivity contribution >= 4 is 44.5 Å². The second-order valence-electron chi connectivity index (χ2n) is 9.72. The van der Waals surface area contributed by atoms with E-state index in [0.29, 0.717) is 30.5 Å². The van der Waals surface area contributed by atoms with E-state index in [4.69, 9.17) is 26.4 Å². The summed E-state index contributed by atoms with van der Waals surface area (Å²) < 4.78 is 7.17. The molecule has 0 saturated heterocycles. The standard InChI is InChI=1S/C30H38ClN5O2S/c1-21-23(24-8-5-10-27(29(24)31)38-16-6-11-32-12-14-36(2)3)7-4-9-25(21)35-26-20-39-28-17-22(18-33-13-15-37)19-34-30(26)28/h4-5,7-10,17,19-20,32-33,35,37H,6,11-16,18H2,1-3H3. The van der Waals surface area contributed by atoms with Crippen LogP contribution in [0.15, 0.2) is 54.0 Å². The van der Waals surface area contributed by atoms with Gasteiger partial charge in [0.2, 0.25) is 0 Å². The highest BCUT2D eigenvalue weighted by Gasteiger charge is 2.15. The maximum absolute atomic E-state index is 8.98. The summed E-state index contributed by atoms with van der Waals surface area (Å²) in [5, 5.41) is 21.9. The third-order valence-corrected chi connectivity index (χ3v) is 7.74. The topological polar surface area (TPSA) is 81.7 Å². The SMILES string of the molecule is Cc1c(Nc2csc3cc(CNCCO)cnc23)cccc1-c1cccc(OCCCNCCN(C)C)c1Cl. The van der Waals surface area contributed by atoms with Crippen LogP contribution in [-0.4, -0.2) is 68.5 Å². The van der Waals surface area contributed by atoms with Crippen molar-refractivity contribution < 1.29 is 9.84 Å². The van der Waals surface area contributed by atoms with Crippen molar-refractivity contribution in [3.63, 3.8) is 0 Å². The maximum Gasteiger partial charge on any atom is 0.138 e. The van der Waals surface area contributed by atoms with Crippen LogP contribution in [0.2, 0.25) is 5.02 Å². The van der Waals surface area contributed by atoms with Crippen molar-refractivity contribution in [1.82, 2.24) is 20.5 Å². The first-order valence-electron chi connectivity index (χ1n) is 13.3. The normalized spacial score (nSPS) is 11.4. The molecule has 2 aromatic heterocycles. The number of rotatable bonds is 15. The van der Waals surface area contributed by atoms with Gasteiger partial charge >= 0.3 is 0 Å². The van der Waals surface area contributed by atoms with Gasteiger partial charge in [-0.25, -0.2) is 0 Å². The molecule has 39 heavy (non-hydrogen) atoms. The molecule has 0 aliphatic carbocycles. The van der Waals surface area contributed by atoms with Crippen LogP contribution in [0.4, 0.5) is 11.4 Å². The number of nitrogens with one attached hydrogen (secondary N) is 3. The molecular weight excluding hydrogens is 530 g/mol. The van der Waals surface area contributed by atoms with E-state index in [9.17, 15) is 0 Å². The average Bonchev–Trinajstić information content (AvgIpc) is 3.32. The van der Waals surface area contributed by atoms with E-state index in [0.717, 1.165) is 69.9 Å². The Balaban J connectivity index is 1.44. The number of likely N-dealkylation sites (N-methyl/N-ethyl adjacent to an activating group) is 1. The quantitative estimate of drug-likeness (QED) is 0.138. The van der Waals surface area contributed by atoms with Gasteiger partial charge in [0, 0.05) is 49.0 Å². The van der Waals surface area contributed by atoms with Crippen LogP contribution in [0.5, 0.6) is 5.75 Å². The number of nitrogens with zero attached hydrogens (tertiary/aromatic N) is 2. The minimum absolute atomic E-state index is 0.124. The molecule has 4 rings (SSSR count). The molecule has 0 bridgehead atoms. The lowest BCUT2D eigenvalue weighted by Gasteiger charge is -2.16. The number of aliphatic hydroxyl groups is 1. The Morgan fingerprint density at radius 3 is 2.67 bits per heavy atom. The van der Waals surface area contributed by atoms with E-state index >= 15 is 0 Å². The lowest BCUT2D eigenvalue weighted by atomic mass is 9.98. The Morgan fingerprint density at radius 2 is 1.85 bits per heavy atom. The number of hydrogen-bond donors (Lipinski definition) is 4. The Morgan fingerprint density at radius 1 is 1.03 bits per heavy atom. The first kappa shape index (κ1) is 29.3. The first-order chi connectivity index (χ1) is 19.0. The van der Waals surface area contributed by atoms with E-state index in [-0.39, 0.29) is 6.61 Å². The number of pyridine rings is 1. The third-order valence-electron chi connectivity index (χ3n) is 6.43. The Labute approximate surface area is 240 Å². The smallest absolute Gasteiger partial charge is 0.138 e. The predicted octanol–water partition coefficient (Wildman–Crippen LogP) is 5.67. The van der Waals surface area contributed by atoms with Crippen molar-refractivity contribution in [3.05, 3.63) is 70.2 Å². The van der Waals surface area contributed by atoms with Gasteiger partial charge < -0.3 is 30.7 Å². The van der Waals surface area contributed by atoms with Gasteiger partial charge in [-0.15, -0.1) is 11.3 Å². The maximum atomic E-state index is 8.98. The highest BCUT2D eigenvalue weighted by Crippen LogP contribution is 2.40. The summed E-state index contributed by atoms with van der Waals surface area (Å²) in [6, 6.07) is 14.3. The Kier molecular flexibility index (Phi) is 11.0. The molecule has 0 amide bonds. The summed E-state index contributed by atoms with van der Waals surface area (Å²) >= 11 is 8.52. The largest absolute Gasteiger partial charge is 0.492 e. The molecule has 0 saturated carbocycles. The van der Waals surface area contributed by atoms with Crippen LogP contribution in [0.25, 0.3) is 21.3 Å². The Hall–Kier alpha value is -2.72. The molecule has 208 valence electrons. The molecule has 0 atom stereocenters. The number of halogens is 1. The molecule has 0 unspecified atom stereocenters. The zero-order valence-electron chi connectivity index (χ0n) is 22.9. The molecule has 4 aromatic rings. The molecule has 0 spiro atoms. The van der Waals surface area contributed by atoms with E-state index in [1.807, 2.05) is 30.5 Å². The molecule has 0 aliphatic heterocycles. The lowest BCUT2D eigenvalue weighted by molar-refractivity contribution is 0.292. The summed E-state index contributed by atoms with van der Waals surface area (Å²) in [4.78, 5) is 6.88. The van der Waals surface area contributed by atoms with E-state index in [2.05, 4.69) is 65.4 Å². The Bertz CT molecular complexity index is 1360. The zero-order chi connectivity index (χ0) is 27.6. The summed E-state index contributed by atoms with van der Waals surface area (Å²) in [7, 11) is 4.15. The highest BCUT2D eigenvalue weighted by atomic mass is 35.5. The molecule has 4 N–H and O–H groups in total. The lowest BCUT2D eigenvalue weighted by Crippen LogP contribution is -2.27. The first-order valence-corrected chi connectivity index (χ1v) is 14.5. The van der Waals surface area contributed by atoms with Gasteiger partial charge in [0.1, 0.15) is 11.3 Å². The van der Waals surface area contributed by atoms with Gasteiger partial charge in [-0.2, -0.15) is 0 Å². The van der Waals surface area contributed by atoms with Crippen molar-refractivity contribution in [2.75, 3.05) is 58.8 Å². The fourth-order valence-electron chi connectivity index (χ4n) is 4.30. The van der Waals surface area contributed by atoms with Gasteiger partial charge in [0.15, 0.2) is 0 Å². The van der Waals surface area contributed by atoms with Crippen molar-refractivity contribution in [2.24, 2.45) is 0 Å². The van der Waals surface area contributed by atoms with E-state index in [1.165, 1.54) is 0 Å². The van der Waals surface area contributed by atoms with Crippen molar-refractivity contribution in [2.45, 2.75) is 19.9 Å². The number of fused-ring (bicyclic) bond motifs is 1. The van der Waals surface area contributed by atoms with Crippen molar-refractivity contribution in [1.29, 1.82) is 0 Å². The van der Waals surface area contributed by atoms with Crippen LogP contribution in [0, 0.1) is 6.92 Å². The third kappa shape index (κ3) is 7.91. The van der Waals surface area contributed by atoms with Crippen LogP contribution < -0.4 is 20.7 Å². The minimum Gasteiger partial charge on any atom is -0.492 e. The number of anilines is 2. The van der Waals surface area contributed by atoms with Crippen LogP contribution in [0.3, 0.4) is 0 Å². The fourth-order valence-corrected chi connectivity index (χ4v) is 5.49. The number of thiophene rings is 1. The molecule has 2 heterocycles. The second kappa shape index (κ2) is 14.6. The van der Waals surface area contributed by atoms with Crippen molar-refractivity contribution in [3.8, 4) is 16.9 Å². The number of aliphatic hydroxyl groups excluding tert-OH is 1. The predicted molar refractivity (Wildman–Crippen MR) is 165 cm³/mol. The van der Waals surface area contributed by atoms with Gasteiger partial charge in [-0.05, 0) is 68.9 Å². The van der Waals surface area contributed by atoms with Gasteiger partial charge in [-0.3, -0.25) is 4.98 Å². The fraction of sp³-hybridized carbons (Fsp3) is 0.367. The summed E-state index contributed by atoms with van der Waals surface area (Å²) in [5.74, 6) is 0.706. The number of ether oxygens (including phenoxy) is 1. The van der Waals surface area contributed by atoms with Crippen LogP contribution in [-0.2, 0) is 6.54 Å². The molecule has 9 heteroatoms. The minimum atomic E-state index is 0.124. The van der Waals surface area contributed by atoms with E-state index < -0.39 is 0 Å². The van der Waals surface area contributed by atoms with Gasteiger partial charge in [0.25, 0.3) is 0 Å². The molecule has 7 nitrogen and oxygen atoms in total. The highest BCUT2D eigenvalue weighted by molar-refractivity contribution is 7.17. The summed E-state index contributed by atoms with van der Waals surface area (Å²) in [6.45, 7) is 6.98. The monoisotopic (exact) mass is 567 g/mol. The van der Waals surface area contributed by atoms with Gasteiger partial charge in [-0.1, -0.05) is 35.9 Å².